The molecular weight excluding hydrogens is 304 g/mol. The van der Waals surface area contributed by atoms with Gasteiger partial charge in [-0.05, 0) is 50.9 Å². The molecule has 0 aromatic heterocycles. The summed E-state index contributed by atoms with van der Waals surface area (Å²) in [5.74, 6) is 1.40. The zero-order chi connectivity index (χ0) is 15.6. The van der Waals surface area contributed by atoms with E-state index < -0.39 is 10.0 Å². The largest absolute Gasteiger partial charge is 0.486 e. The van der Waals surface area contributed by atoms with Gasteiger partial charge in [0.2, 0.25) is 10.0 Å². The average Bonchev–Trinajstić information content (AvgIpc) is 2.55. The van der Waals surface area contributed by atoms with Gasteiger partial charge in [0, 0.05) is 12.1 Å². The molecule has 0 aliphatic carbocycles. The second-order valence-corrected chi connectivity index (χ2v) is 7.54. The summed E-state index contributed by atoms with van der Waals surface area (Å²) in [4.78, 5) is 0.215. The molecular formula is C15H22N2O4S. The maximum Gasteiger partial charge on any atom is 0.240 e. The minimum absolute atomic E-state index is 0.106. The lowest BCUT2D eigenvalue weighted by Gasteiger charge is -2.28. The van der Waals surface area contributed by atoms with E-state index in [1.165, 1.54) is 6.07 Å². The Hall–Kier alpha value is -1.31. The van der Waals surface area contributed by atoms with Crippen molar-refractivity contribution in [1.82, 2.24) is 10.0 Å². The maximum atomic E-state index is 12.5. The molecule has 1 fully saturated rings. The van der Waals surface area contributed by atoms with Gasteiger partial charge in [0.1, 0.15) is 13.2 Å². The number of hydrogen-bond acceptors (Lipinski definition) is 5. The van der Waals surface area contributed by atoms with Crippen LogP contribution in [0.3, 0.4) is 0 Å². The van der Waals surface area contributed by atoms with E-state index in [1.54, 1.807) is 12.1 Å². The van der Waals surface area contributed by atoms with E-state index in [0.717, 1.165) is 25.9 Å². The molecule has 2 unspecified atom stereocenters. The monoisotopic (exact) mass is 326 g/mol. The van der Waals surface area contributed by atoms with Crippen molar-refractivity contribution in [2.24, 2.45) is 5.92 Å². The van der Waals surface area contributed by atoms with Gasteiger partial charge in [-0.2, -0.15) is 0 Å². The molecule has 1 saturated heterocycles. The number of sulfonamides is 1. The summed E-state index contributed by atoms with van der Waals surface area (Å²) in [6.45, 7) is 4.72. The Labute approximate surface area is 131 Å². The van der Waals surface area contributed by atoms with Gasteiger partial charge in [0.25, 0.3) is 0 Å². The van der Waals surface area contributed by atoms with E-state index in [2.05, 4.69) is 10.0 Å². The summed E-state index contributed by atoms with van der Waals surface area (Å²) in [6.07, 6.45) is 2.12. The van der Waals surface area contributed by atoms with Gasteiger partial charge < -0.3 is 14.8 Å². The Morgan fingerprint density at radius 2 is 2.05 bits per heavy atom. The molecule has 1 aromatic carbocycles. The minimum atomic E-state index is -3.56. The molecule has 2 heterocycles. The fourth-order valence-corrected chi connectivity index (χ4v) is 4.23. The van der Waals surface area contributed by atoms with Gasteiger partial charge >= 0.3 is 0 Å². The number of rotatable bonds is 4. The molecule has 0 radical (unpaired) electrons. The van der Waals surface area contributed by atoms with Crippen LogP contribution in [0.5, 0.6) is 11.5 Å². The van der Waals surface area contributed by atoms with Crippen LogP contribution in [0.25, 0.3) is 0 Å². The normalized spacial score (nSPS) is 23.0. The van der Waals surface area contributed by atoms with Gasteiger partial charge in [-0.1, -0.05) is 0 Å². The van der Waals surface area contributed by atoms with Crippen LogP contribution in [0.2, 0.25) is 0 Å². The fraction of sp³-hybridized carbons (Fsp3) is 0.600. The Bertz CT molecular complexity index is 626. The van der Waals surface area contributed by atoms with Crippen molar-refractivity contribution < 1.29 is 17.9 Å². The van der Waals surface area contributed by atoms with Crippen LogP contribution < -0.4 is 19.5 Å². The third kappa shape index (κ3) is 3.37. The van der Waals surface area contributed by atoms with Crippen LogP contribution in [-0.4, -0.2) is 40.8 Å². The van der Waals surface area contributed by atoms with Gasteiger partial charge in [0.15, 0.2) is 11.5 Å². The van der Waals surface area contributed by atoms with Crippen molar-refractivity contribution in [2.45, 2.75) is 30.7 Å². The van der Waals surface area contributed by atoms with Crippen LogP contribution in [0.15, 0.2) is 23.1 Å². The molecule has 7 heteroatoms. The smallest absolute Gasteiger partial charge is 0.240 e. The minimum Gasteiger partial charge on any atom is -0.486 e. The highest BCUT2D eigenvalue weighted by atomic mass is 32.2. The van der Waals surface area contributed by atoms with Crippen LogP contribution in [0, 0.1) is 5.92 Å². The van der Waals surface area contributed by atoms with E-state index in [1.807, 2.05) is 6.92 Å². The number of nitrogens with one attached hydrogen (secondary N) is 2. The molecule has 0 saturated carbocycles. The predicted octanol–water partition coefficient (Wildman–Crippen LogP) is 1.12. The third-order valence-electron chi connectivity index (χ3n) is 4.21. The Morgan fingerprint density at radius 1 is 1.27 bits per heavy atom. The molecule has 122 valence electrons. The predicted molar refractivity (Wildman–Crippen MR) is 82.8 cm³/mol. The first kappa shape index (κ1) is 15.6. The van der Waals surface area contributed by atoms with Crippen molar-refractivity contribution in [3.8, 4) is 11.5 Å². The lowest BCUT2D eigenvalue weighted by Crippen LogP contribution is -2.44. The third-order valence-corrected chi connectivity index (χ3v) is 5.76. The molecule has 1 aromatic rings. The summed E-state index contributed by atoms with van der Waals surface area (Å²) < 4.78 is 38.7. The lowest BCUT2D eigenvalue weighted by atomic mass is 9.94. The maximum absolute atomic E-state index is 12.5. The molecule has 0 amide bonds. The number of ether oxygens (including phenoxy) is 2. The van der Waals surface area contributed by atoms with Crippen LogP contribution >= 0.6 is 0 Å². The zero-order valence-electron chi connectivity index (χ0n) is 12.7. The Balaban J connectivity index is 1.74. The number of hydrogen-bond donors (Lipinski definition) is 2. The lowest BCUT2D eigenvalue weighted by molar-refractivity contribution is 0.171. The Kier molecular flexibility index (Phi) is 4.56. The van der Waals surface area contributed by atoms with Crippen LogP contribution in [0.1, 0.15) is 19.8 Å². The zero-order valence-corrected chi connectivity index (χ0v) is 13.5. The number of fused-ring (bicyclic) bond motifs is 1. The standard InChI is InChI=1S/C15H22N2O4S/c1-11(12-3-2-6-16-10-12)17-22(18,19)13-4-5-14-15(9-13)21-8-7-20-14/h4-5,9,11-12,16-17H,2-3,6-8,10H2,1H3. The topological polar surface area (TPSA) is 76.7 Å². The average molecular weight is 326 g/mol. The fourth-order valence-electron chi connectivity index (χ4n) is 2.91. The van der Waals surface area contributed by atoms with Gasteiger partial charge in [-0.3, -0.25) is 0 Å². The summed E-state index contributed by atoms with van der Waals surface area (Å²) in [7, 11) is -3.56. The first-order valence-corrected chi connectivity index (χ1v) is 9.17. The van der Waals surface area contributed by atoms with E-state index in [9.17, 15) is 8.42 Å². The highest BCUT2D eigenvalue weighted by Crippen LogP contribution is 2.32. The van der Waals surface area contributed by atoms with E-state index in [0.29, 0.717) is 30.6 Å². The highest BCUT2D eigenvalue weighted by Gasteiger charge is 2.26. The van der Waals surface area contributed by atoms with E-state index >= 15 is 0 Å². The second-order valence-electron chi connectivity index (χ2n) is 5.82. The highest BCUT2D eigenvalue weighted by molar-refractivity contribution is 7.89. The summed E-state index contributed by atoms with van der Waals surface area (Å²) in [6, 6.07) is 4.63. The Morgan fingerprint density at radius 3 is 2.77 bits per heavy atom. The molecule has 2 atom stereocenters. The van der Waals surface area contributed by atoms with Crippen molar-refractivity contribution in [3.63, 3.8) is 0 Å². The quantitative estimate of drug-likeness (QED) is 0.867. The van der Waals surface area contributed by atoms with Crippen molar-refractivity contribution >= 4 is 10.0 Å². The van der Waals surface area contributed by atoms with Crippen molar-refractivity contribution in [3.05, 3.63) is 18.2 Å². The second kappa shape index (κ2) is 6.44. The molecule has 2 N–H and O–H groups in total. The molecule has 22 heavy (non-hydrogen) atoms. The first-order valence-electron chi connectivity index (χ1n) is 7.69. The summed E-state index contributed by atoms with van der Waals surface area (Å²) >= 11 is 0. The van der Waals surface area contributed by atoms with Gasteiger partial charge in [-0.15, -0.1) is 0 Å². The van der Waals surface area contributed by atoms with E-state index in [4.69, 9.17) is 9.47 Å². The molecule has 0 bridgehead atoms. The molecule has 3 rings (SSSR count). The number of piperidine rings is 1. The SMILES string of the molecule is CC(NS(=O)(=O)c1ccc2c(c1)OCCO2)C1CCCNC1. The van der Waals surface area contributed by atoms with Crippen molar-refractivity contribution in [2.75, 3.05) is 26.3 Å². The van der Waals surface area contributed by atoms with Crippen LogP contribution in [0.4, 0.5) is 0 Å². The molecule has 6 nitrogen and oxygen atoms in total. The van der Waals surface area contributed by atoms with Gasteiger partial charge in [0.05, 0.1) is 4.90 Å². The van der Waals surface area contributed by atoms with Crippen LogP contribution in [-0.2, 0) is 10.0 Å². The first-order chi connectivity index (χ1) is 10.6. The van der Waals surface area contributed by atoms with Crippen molar-refractivity contribution in [1.29, 1.82) is 0 Å². The summed E-state index contributed by atoms with van der Waals surface area (Å²) in [5.41, 5.74) is 0. The molecule has 0 spiro atoms. The molecule has 2 aliphatic heterocycles. The number of benzene rings is 1. The molecule has 2 aliphatic rings. The van der Waals surface area contributed by atoms with E-state index in [-0.39, 0.29) is 10.9 Å². The van der Waals surface area contributed by atoms with Gasteiger partial charge in [-0.25, -0.2) is 13.1 Å². The summed E-state index contributed by atoms with van der Waals surface area (Å²) in [5, 5.41) is 3.31.